The lowest BCUT2D eigenvalue weighted by Crippen LogP contribution is -2.42. The molecule has 0 aliphatic carbocycles. The van der Waals surface area contributed by atoms with Crippen molar-refractivity contribution in [3.05, 3.63) is 0 Å². The van der Waals surface area contributed by atoms with Crippen molar-refractivity contribution in [2.45, 2.75) is 303 Å². The van der Waals surface area contributed by atoms with Crippen LogP contribution in [0.3, 0.4) is 0 Å². The van der Waals surface area contributed by atoms with E-state index in [1.807, 2.05) is 0 Å². The monoisotopic (exact) mass is 909 g/mol. The molecule has 0 radical (unpaired) electrons. The molecule has 1 N–H and O–H groups in total. The van der Waals surface area contributed by atoms with Crippen molar-refractivity contribution in [3.63, 3.8) is 0 Å². The van der Waals surface area contributed by atoms with Crippen molar-refractivity contribution in [2.75, 3.05) is 46.2 Å². The van der Waals surface area contributed by atoms with Gasteiger partial charge in [0.15, 0.2) is 0 Å². The summed E-state index contributed by atoms with van der Waals surface area (Å²) in [5, 5.41) is 9.15. The minimum atomic E-state index is -0.993. The molecule has 0 fully saturated rings. The van der Waals surface area contributed by atoms with Gasteiger partial charge < -0.3 is 24.1 Å². The normalized spacial score (nSPS) is 11.8. The van der Waals surface area contributed by atoms with Crippen molar-refractivity contribution in [1.82, 2.24) is 0 Å². The highest BCUT2D eigenvalue weighted by atomic mass is 16.5. The van der Waals surface area contributed by atoms with Gasteiger partial charge in [-0.25, -0.2) is 0 Å². The van der Waals surface area contributed by atoms with E-state index in [1.165, 1.54) is 250 Å². The number of carboxylic acid groups (broad SMARTS) is 1. The van der Waals surface area contributed by atoms with Crippen LogP contribution in [0.25, 0.3) is 0 Å². The maximum absolute atomic E-state index is 12.7. The number of carboxylic acids is 1. The summed E-state index contributed by atoms with van der Waals surface area (Å²) in [6.45, 7) is 10.2. The van der Waals surface area contributed by atoms with Crippen LogP contribution >= 0.6 is 0 Å². The van der Waals surface area contributed by atoms with Gasteiger partial charge in [0, 0.05) is 19.8 Å². The zero-order valence-corrected chi connectivity index (χ0v) is 43.5. The van der Waals surface area contributed by atoms with Crippen LogP contribution in [0.1, 0.15) is 303 Å². The smallest absolute Gasteiger partial charge is 0.306 e. The number of carbonyl (C=O) groups is 2. The van der Waals surface area contributed by atoms with Crippen LogP contribution in [-0.4, -0.2) is 63.3 Å². The molecule has 0 aliphatic rings. The Bertz CT molecular complexity index is 837. The topological polar surface area (TPSA) is 91.3 Å². The standard InChI is InChI=1S/C57H112O7/c1-4-7-10-13-16-19-22-25-28-31-34-37-40-43-48-61-51-57(54-64-56(60)47-46-55(58)59,52-62-49-44-41-38-35-32-29-26-23-20-17-14-11-8-5-2)53-63-50-45-42-39-36-33-30-27-24-21-18-15-12-9-6-3/h4-54H2,1-3H3,(H,58,59). The van der Waals surface area contributed by atoms with Gasteiger partial charge in [-0.2, -0.15) is 0 Å². The van der Waals surface area contributed by atoms with Crippen LogP contribution in [0.4, 0.5) is 0 Å². The summed E-state index contributed by atoms with van der Waals surface area (Å²) in [6, 6.07) is 0. The summed E-state index contributed by atoms with van der Waals surface area (Å²) in [5.41, 5.74) is -0.624. The van der Waals surface area contributed by atoms with Crippen LogP contribution in [0.15, 0.2) is 0 Å². The number of aliphatic carboxylic acids is 1. The maximum atomic E-state index is 12.7. The molecule has 0 unspecified atom stereocenters. The molecule has 0 saturated heterocycles. The zero-order valence-electron chi connectivity index (χ0n) is 43.5. The minimum Gasteiger partial charge on any atom is -0.481 e. The zero-order chi connectivity index (χ0) is 46.5. The lowest BCUT2D eigenvalue weighted by molar-refractivity contribution is -0.158. The van der Waals surface area contributed by atoms with Crippen molar-refractivity contribution < 1.29 is 33.6 Å². The van der Waals surface area contributed by atoms with Gasteiger partial charge in [-0.1, -0.05) is 271 Å². The Kier molecular flexibility index (Phi) is 51.8. The van der Waals surface area contributed by atoms with E-state index in [0.29, 0.717) is 39.6 Å². The fourth-order valence-corrected chi connectivity index (χ4v) is 8.83. The minimum absolute atomic E-state index is 0.113. The largest absolute Gasteiger partial charge is 0.481 e. The second kappa shape index (κ2) is 52.8. The van der Waals surface area contributed by atoms with Gasteiger partial charge in [0.1, 0.15) is 6.61 Å². The predicted octanol–water partition coefficient (Wildman–Crippen LogP) is 17.9. The summed E-state index contributed by atoms with van der Waals surface area (Å²) < 4.78 is 24.8. The molecule has 0 aromatic rings. The number of ether oxygens (including phenoxy) is 4. The number of hydrogen-bond acceptors (Lipinski definition) is 6. The average molecular weight is 910 g/mol. The van der Waals surface area contributed by atoms with Crippen LogP contribution in [0, 0.1) is 5.41 Å². The number of esters is 1. The molecule has 7 heteroatoms. The van der Waals surface area contributed by atoms with E-state index in [-0.39, 0.29) is 19.4 Å². The molecule has 0 bridgehead atoms. The van der Waals surface area contributed by atoms with Gasteiger partial charge in [0.25, 0.3) is 0 Å². The second-order valence-corrected chi connectivity index (χ2v) is 20.0. The molecule has 0 aromatic heterocycles. The first kappa shape index (κ1) is 62.8. The highest BCUT2D eigenvalue weighted by molar-refractivity contribution is 5.76. The van der Waals surface area contributed by atoms with E-state index in [9.17, 15) is 9.59 Å². The molecule has 0 saturated carbocycles. The average Bonchev–Trinajstić information content (AvgIpc) is 3.29. The fraction of sp³-hybridized carbons (Fsp3) is 0.965. The molecule has 0 atom stereocenters. The van der Waals surface area contributed by atoms with E-state index in [4.69, 9.17) is 24.1 Å². The van der Waals surface area contributed by atoms with E-state index in [1.54, 1.807) is 0 Å². The van der Waals surface area contributed by atoms with Gasteiger partial charge in [-0.3, -0.25) is 9.59 Å². The van der Waals surface area contributed by atoms with Crippen LogP contribution in [0.5, 0.6) is 0 Å². The quantitative estimate of drug-likeness (QED) is 0.0480. The third kappa shape index (κ3) is 48.7. The first-order valence-electron chi connectivity index (χ1n) is 28.6. The number of carbonyl (C=O) groups excluding carboxylic acids is 1. The Morgan fingerprint density at radius 1 is 0.312 bits per heavy atom. The van der Waals surface area contributed by atoms with Crippen molar-refractivity contribution in [2.24, 2.45) is 5.41 Å². The SMILES string of the molecule is CCCCCCCCCCCCCCCCOCC(COCCCCCCCCCCCCCCCC)(COCCCCCCCCCCCCCCCC)COC(=O)CCC(=O)O. The third-order valence-corrected chi connectivity index (χ3v) is 13.2. The molecule has 0 spiro atoms. The lowest BCUT2D eigenvalue weighted by atomic mass is 9.92. The maximum Gasteiger partial charge on any atom is 0.306 e. The third-order valence-electron chi connectivity index (χ3n) is 13.2. The molecule has 0 heterocycles. The summed E-state index contributed by atoms with van der Waals surface area (Å²) in [4.78, 5) is 23.8. The first-order valence-corrected chi connectivity index (χ1v) is 28.6. The van der Waals surface area contributed by atoms with E-state index < -0.39 is 17.4 Å². The predicted molar refractivity (Wildman–Crippen MR) is 274 cm³/mol. The lowest BCUT2D eigenvalue weighted by Gasteiger charge is -2.32. The van der Waals surface area contributed by atoms with Crippen LogP contribution in [0.2, 0.25) is 0 Å². The summed E-state index contributed by atoms with van der Waals surface area (Å²) in [7, 11) is 0. The Hall–Kier alpha value is -1.18. The first-order chi connectivity index (χ1) is 31.5. The molecule has 7 nitrogen and oxygen atoms in total. The summed E-state index contributed by atoms with van der Waals surface area (Å²) >= 11 is 0. The van der Waals surface area contributed by atoms with Gasteiger partial charge >= 0.3 is 11.9 Å². The van der Waals surface area contributed by atoms with Crippen LogP contribution in [-0.2, 0) is 28.5 Å². The van der Waals surface area contributed by atoms with Gasteiger partial charge in [0.05, 0.1) is 38.1 Å². The number of hydrogen-bond donors (Lipinski definition) is 1. The molecule has 0 amide bonds. The van der Waals surface area contributed by atoms with E-state index in [2.05, 4.69) is 20.8 Å². The highest BCUT2D eigenvalue weighted by Gasteiger charge is 2.34. The molecule has 382 valence electrons. The fourth-order valence-electron chi connectivity index (χ4n) is 8.83. The molecule has 64 heavy (non-hydrogen) atoms. The van der Waals surface area contributed by atoms with Crippen molar-refractivity contribution in [3.8, 4) is 0 Å². The Labute approximate surface area is 399 Å². The summed E-state index contributed by atoms with van der Waals surface area (Å²) in [6.07, 6.45) is 55.2. The second-order valence-electron chi connectivity index (χ2n) is 20.0. The van der Waals surface area contributed by atoms with Crippen molar-refractivity contribution >= 4 is 11.9 Å². The number of unbranched alkanes of at least 4 members (excludes halogenated alkanes) is 39. The molecule has 0 aromatic carbocycles. The molecular formula is C57H112O7. The Morgan fingerprint density at radius 2 is 0.531 bits per heavy atom. The molecule has 0 rings (SSSR count). The van der Waals surface area contributed by atoms with Gasteiger partial charge in [-0.05, 0) is 19.3 Å². The van der Waals surface area contributed by atoms with Gasteiger partial charge in [0.2, 0.25) is 0 Å². The number of rotatable bonds is 56. The Morgan fingerprint density at radius 3 is 0.750 bits per heavy atom. The van der Waals surface area contributed by atoms with Crippen molar-refractivity contribution in [1.29, 1.82) is 0 Å². The van der Waals surface area contributed by atoms with E-state index >= 15 is 0 Å². The van der Waals surface area contributed by atoms with Gasteiger partial charge in [-0.15, -0.1) is 0 Å². The summed E-state index contributed by atoms with van der Waals surface area (Å²) in [5.74, 6) is -1.48. The van der Waals surface area contributed by atoms with E-state index in [0.717, 1.165) is 19.3 Å². The molecular weight excluding hydrogens is 797 g/mol. The molecule has 0 aliphatic heterocycles. The highest BCUT2D eigenvalue weighted by Crippen LogP contribution is 2.23. The Balaban J connectivity index is 4.82. The van der Waals surface area contributed by atoms with Crippen LogP contribution < -0.4 is 0 Å².